The molecule has 1 unspecified atom stereocenters. The lowest BCUT2D eigenvalue weighted by Crippen LogP contribution is -2.05. The van der Waals surface area contributed by atoms with Crippen LogP contribution in [0.3, 0.4) is 0 Å². The quantitative estimate of drug-likeness (QED) is 0.765. The zero-order chi connectivity index (χ0) is 11.7. The van der Waals surface area contributed by atoms with Crippen LogP contribution in [0.5, 0.6) is 0 Å². The molecule has 90 valence electrons. The highest BCUT2D eigenvalue weighted by atomic mass is 16.3. The fourth-order valence-electron chi connectivity index (χ4n) is 3.09. The normalized spacial score (nSPS) is 20.9. The standard InChI is InChI=1S/C16H20O/c17-16(13-5-2-1-3-6-13)15-10-9-12-7-4-8-14(12)11-15/h5,9-11,16-17H,1-4,6-8H2. The number of benzene rings is 1. The summed E-state index contributed by atoms with van der Waals surface area (Å²) in [7, 11) is 0. The summed E-state index contributed by atoms with van der Waals surface area (Å²) < 4.78 is 0. The van der Waals surface area contributed by atoms with Crippen molar-refractivity contribution >= 4 is 0 Å². The van der Waals surface area contributed by atoms with Crippen molar-refractivity contribution in [3.05, 3.63) is 46.5 Å². The second-order valence-electron chi connectivity index (χ2n) is 5.31. The van der Waals surface area contributed by atoms with Crippen LogP contribution < -0.4 is 0 Å². The van der Waals surface area contributed by atoms with Crippen LogP contribution in [-0.4, -0.2) is 5.11 Å². The second-order valence-corrected chi connectivity index (χ2v) is 5.31. The lowest BCUT2D eigenvalue weighted by Gasteiger charge is -2.19. The van der Waals surface area contributed by atoms with Gasteiger partial charge in [-0.1, -0.05) is 24.3 Å². The molecule has 2 aliphatic rings. The fourth-order valence-corrected chi connectivity index (χ4v) is 3.09. The molecule has 0 radical (unpaired) electrons. The van der Waals surface area contributed by atoms with Gasteiger partial charge in [0.2, 0.25) is 0 Å². The highest BCUT2D eigenvalue weighted by Gasteiger charge is 2.18. The summed E-state index contributed by atoms with van der Waals surface area (Å²) in [6, 6.07) is 6.55. The molecule has 0 spiro atoms. The molecule has 0 fully saturated rings. The number of rotatable bonds is 2. The van der Waals surface area contributed by atoms with E-state index in [-0.39, 0.29) is 6.10 Å². The van der Waals surface area contributed by atoms with E-state index in [2.05, 4.69) is 24.3 Å². The molecule has 17 heavy (non-hydrogen) atoms. The molecule has 0 amide bonds. The van der Waals surface area contributed by atoms with Gasteiger partial charge in [0.05, 0.1) is 0 Å². The molecule has 1 aromatic carbocycles. The van der Waals surface area contributed by atoms with Crippen LogP contribution in [0.4, 0.5) is 0 Å². The lowest BCUT2D eigenvalue weighted by atomic mass is 9.91. The third kappa shape index (κ3) is 2.16. The van der Waals surface area contributed by atoms with Gasteiger partial charge in [-0.2, -0.15) is 0 Å². The molecule has 0 aliphatic heterocycles. The first-order valence-corrected chi connectivity index (χ1v) is 6.83. The Balaban J connectivity index is 1.86. The first-order valence-electron chi connectivity index (χ1n) is 6.83. The number of allylic oxidation sites excluding steroid dienone is 1. The minimum Gasteiger partial charge on any atom is -0.384 e. The van der Waals surface area contributed by atoms with Crippen molar-refractivity contribution in [1.29, 1.82) is 0 Å². The van der Waals surface area contributed by atoms with E-state index in [0.29, 0.717) is 0 Å². The number of hydrogen-bond acceptors (Lipinski definition) is 1. The molecule has 1 atom stereocenters. The van der Waals surface area contributed by atoms with Crippen molar-refractivity contribution in [1.82, 2.24) is 0 Å². The maximum Gasteiger partial charge on any atom is 0.100 e. The molecule has 0 bridgehead atoms. The van der Waals surface area contributed by atoms with Crippen molar-refractivity contribution in [3.63, 3.8) is 0 Å². The molecule has 0 saturated heterocycles. The van der Waals surface area contributed by atoms with Gasteiger partial charge in [-0.3, -0.25) is 0 Å². The van der Waals surface area contributed by atoms with E-state index < -0.39 is 0 Å². The molecule has 0 heterocycles. The minimum absolute atomic E-state index is 0.360. The summed E-state index contributed by atoms with van der Waals surface area (Å²) >= 11 is 0. The first kappa shape index (κ1) is 11.0. The van der Waals surface area contributed by atoms with Crippen molar-refractivity contribution in [2.24, 2.45) is 0 Å². The fraction of sp³-hybridized carbons (Fsp3) is 0.500. The van der Waals surface area contributed by atoms with Crippen molar-refractivity contribution < 1.29 is 5.11 Å². The maximum atomic E-state index is 10.4. The van der Waals surface area contributed by atoms with Crippen molar-refractivity contribution in [2.45, 2.75) is 51.0 Å². The molecule has 1 nitrogen and oxygen atoms in total. The Bertz CT molecular complexity index is 445. The van der Waals surface area contributed by atoms with Crippen LogP contribution in [0.25, 0.3) is 0 Å². The topological polar surface area (TPSA) is 20.2 Å². The smallest absolute Gasteiger partial charge is 0.100 e. The Morgan fingerprint density at radius 3 is 2.65 bits per heavy atom. The Hall–Kier alpha value is -1.08. The summed E-state index contributed by atoms with van der Waals surface area (Å²) in [5.74, 6) is 0. The van der Waals surface area contributed by atoms with Gasteiger partial charge < -0.3 is 5.11 Å². The van der Waals surface area contributed by atoms with Crippen LogP contribution in [0.2, 0.25) is 0 Å². The summed E-state index contributed by atoms with van der Waals surface area (Å²) in [6.07, 6.45) is 10.3. The van der Waals surface area contributed by atoms with Gasteiger partial charge in [-0.05, 0) is 67.2 Å². The molecule has 0 saturated carbocycles. The third-order valence-corrected chi connectivity index (χ3v) is 4.12. The third-order valence-electron chi connectivity index (χ3n) is 4.12. The monoisotopic (exact) mass is 228 g/mol. The highest BCUT2D eigenvalue weighted by Crippen LogP contribution is 2.32. The van der Waals surface area contributed by atoms with Gasteiger partial charge in [0.1, 0.15) is 6.10 Å². The Morgan fingerprint density at radius 1 is 0.941 bits per heavy atom. The zero-order valence-corrected chi connectivity index (χ0v) is 10.3. The largest absolute Gasteiger partial charge is 0.384 e. The number of aliphatic hydroxyl groups excluding tert-OH is 1. The predicted octanol–water partition coefficient (Wildman–Crippen LogP) is 3.71. The van der Waals surface area contributed by atoms with Gasteiger partial charge in [0.15, 0.2) is 0 Å². The predicted molar refractivity (Wildman–Crippen MR) is 70.0 cm³/mol. The Kier molecular flexibility index (Phi) is 3.02. The second kappa shape index (κ2) is 4.66. The first-order chi connectivity index (χ1) is 8.34. The van der Waals surface area contributed by atoms with Crippen LogP contribution in [0, 0.1) is 0 Å². The van der Waals surface area contributed by atoms with Gasteiger partial charge in [0, 0.05) is 0 Å². The van der Waals surface area contributed by atoms with Crippen LogP contribution in [0.1, 0.15) is 54.9 Å². The Labute approximate surface area is 103 Å². The van der Waals surface area contributed by atoms with Gasteiger partial charge in [-0.25, -0.2) is 0 Å². The number of hydrogen-bond donors (Lipinski definition) is 1. The van der Waals surface area contributed by atoms with Crippen LogP contribution in [0.15, 0.2) is 29.8 Å². The molecule has 0 aromatic heterocycles. The van der Waals surface area contributed by atoms with Gasteiger partial charge in [-0.15, -0.1) is 0 Å². The molecule has 1 N–H and O–H groups in total. The van der Waals surface area contributed by atoms with Crippen LogP contribution >= 0.6 is 0 Å². The zero-order valence-electron chi connectivity index (χ0n) is 10.3. The van der Waals surface area contributed by atoms with Crippen LogP contribution in [-0.2, 0) is 12.8 Å². The van der Waals surface area contributed by atoms with Gasteiger partial charge >= 0.3 is 0 Å². The van der Waals surface area contributed by atoms with E-state index in [9.17, 15) is 5.11 Å². The van der Waals surface area contributed by atoms with Gasteiger partial charge in [0.25, 0.3) is 0 Å². The Morgan fingerprint density at radius 2 is 1.82 bits per heavy atom. The SMILES string of the molecule is OC(C1=CCCCC1)c1ccc2c(c1)CCC2. The van der Waals surface area contributed by atoms with E-state index >= 15 is 0 Å². The van der Waals surface area contributed by atoms with E-state index in [0.717, 1.165) is 18.4 Å². The molecule has 2 aliphatic carbocycles. The van der Waals surface area contributed by atoms with E-state index in [1.807, 2.05) is 0 Å². The maximum absolute atomic E-state index is 10.4. The summed E-state index contributed by atoms with van der Waals surface area (Å²) in [5, 5.41) is 10.4. The summed E-state index contributed by atoms with van der Waals surface area (Å²) in [5.41, 5.74) is 5.27. The minimum atomic E-state index is -0.360. The molecule has 3 rings (SSSR count). The summed E-state index contributed by atoms with van der Waals surface area (Å²) in [6.45, 7) is 0. The van der Waals surface area contributed by atoms with E-state index in [4.69, 9.17) is 0 Å². The van der Waals surface area contributed by atoms with E-state index in [1.54, 1.807) is 0 Å². The molecule has 1 heteroatoms. The highest BCUT2D eigenvalue weighted by molar-refractivity contribution is 5.38. The lowest BCUT2D eigenvalue weighted by molar-refractivity contribution is 0.208. The number of aliphatic hydroxyl groups is 1. The molecular weight excluding hydrogens is 208 g/mol. The van der Waals surface area contributed by atoms with Crippen molar-refractivity contribution in [3.8, 4) is 0 Å². The van der Waals surface area contributed by atoms with E-state index in [1.165, 1.54) is 48.8 Å². The average Bonchev–Trinajstić information content (AvgIpc) is 2.86. The molecular formula is C16H20O. The molecule has 1 aromatic rings. The number of aryl methyl sites for hydroxylation is 2. The average molecular weight is 228 g/mol. The number of fused-ring (bicyclic) bond motifs is 1. The van der Waals surface area contributed by atoms with Crippen molar-refractivity contribution in [2.75, 3.05) is 0 Å². The summed E-state index contributed by atoms with van der Waals surface area (Å²) in [4.78, 5) is 0.